The molecule has 1 atom stereocenters. The maximum Gasteiger partial charge on any atom is 0.303 e. The van der Waals surface area contributed by atoms with Gasteiger partial charge < -0.3 is 10.2 Å². The first kappa shape index (κ1) is 12.2. The fourth-order valence-corrected chi connectivity index (χ4v) is 2.33. The van der Waals surface area contributed by atoms with Gasteiger partial charge >= 0.3 is 5.97 Å². The van der Waals surface area contributed by atoms with Crippen molar-refractivity contribution < 1.29 is 15.0 Å². The lowest BCUT2D eigenvalue weighted by Crippen LogP contribution is -1.98. The highest BCUT2D eigenvalue weighted by Crippen LogP contribution is 2.26. The summed E-state index contributed by atoms with van der Waals surface area (Å²) in [6.45, 7) is 2.08. The van der Waals surface area contributed by atoms with Crippen molar-refractivity contribution in [2.75, 3.05) is 0 Å². The van der Waals surface area contributed by atoms with Gasteiger partial charge in [-0.3, -0.25) is 4.79 Å². The van der Waals surface area contributed by atoms with Gasteiger partial charge in [-0.05, 0) is 31.4 Å². The molecule has 0 aliphatic carbocycles. The van der Waals surface area contributed by atoms with Gasteiger partial charge in [-0.15, -0.1) is 11.3 Å². The highest BCUT2D eigenvalue weighted by molar-refractivity contribution is 7.12. The molecule has 3 nitrogen and oxygen atoms in total. The molecule has 4 heteroatoms. The number of thiophene rings is 1. The Morgan fingerprint density at radius 3 is 2.80 bits per heavy atom. The predicted molar refractivity (Wildman–Crippen MR) is 60.1 cm³/mol. The Balaban J connectivity index is 2.39. The molecule has 0 spiro atoms. The van der Waals surface area contributed by atoms with Crippen LogP contribution in [0.25, 0.3) is 0 Å². The molecule has 1 aromatic rings. The maximum absolute atomic E-state index is 10.3. The second kappa shape index (κ2) is 5.88. The second-order valence-corrected chi connectivity index (χ2v) is 4.66. The van der Waals surface area contributed by atoms with E-state index in [1.165, 1.54) is 4.88 Å². The summed E-state index contributed by atoms with van der Waals surface area (Å²) in [4.78, 5) is 12.5. The van der Waals surface area contributed by atoms with Crippen molar-refractivity contribution in [2.45, 2.75) is 38.7 Å². The topological polar surface area (TPSA) is 57.5 Å². The van der Waals surface area contributed by atoms with Crippen molar-refractivity contribution in [3.63, 3.8) is 0 Å². The Bertz CT molecular complexity index is 319. The first-order valence-electron chi connectivity index (χ1n) is 5.12. The Morgan fingerprint density at radius 2 is 2.27 bits per heavy atom. The van der Waals surface area contributed by atoms with E-state index in [1.54, 1.807) is 11.3 Å². The molecule has 1 unspecified atom stereocenters. The van der Waals surface area contributed by atoms with Gasteiger partial charge in [-0.2, -0.15) is 0 Å². The van der Waals surface area contributed by atoms with Crippen LogP contribution in [0.15, 0.2) is 12.1 Å². The summed E-state index contributed by atoms with van der Waals surface area (Å²) >= 11 is 1.60. The molecule has 15 heavy (non-hydrogen) atoms. The van der Waals surface area contributed by atoms with Crippen LogP contribution in [0, 0.1) is 0 Å². The van der Waals surface area contributed by atoms with Crippen LogP contribution in [0.4, 0.5) is 0 Å². The van der Waals surface area contributed by atoms with Gasteiger partial charge in [0, 0.05) is 16.2 Å². The normalized spacial score (nSPS) is 12.7. The highest BCUT2D eigenvalue weighted by Gasteiger charge is 2.10. The SMILES string of the molecule is CCc1ccc(C(O)CCCC(=O)O)s1. The van der Waals surface area contributed by atoms with E-state index < -0.39 is 12.1 Å². The van der Waals surface area contributed by atoms with Gasteiger partial charge in [0.2, 0.25) is 0 Å². The molecule has 0 aromatic carbocycles. The molecule has 0 radical (unpaired) electrons. The van der Waals surface area contributed by atoms with Crippen LogP contribution >= 0.6 is 11.3 Å². The van der Waals surface area contributed by atoms with Crippen molar-refractivity contribution in [3.8, 4) is 0 Å². The van der Waals surface area contributed by atoms with Crippen LogP contribution in [-0.2, 0) is 11.2 Å². The molecule has 1 aromatic heterocycles. The number of aliphatic hydroxyl groups is 1. The molecule has 0 fully saturated rings. The zero-order chi connectivity index (χ0) is 11.3. The highest BCUT2D eigenvalue weighted by atomic mass is 32.1. The van der Waals surface area contributed by atoms with Crippen LogP contribution in [0.1, 0.15) is 42.0 Å². The Morgan fingerprint density at radius 1 is 1.53 bits per heavy atom. The van der Waals surface area contributed by atoms with E-state index in [0.29, 0.717) is 12.8 Å². The predicted octanol–water partition coefficient (Wildman–Crippen LogP) is 2.60. The van der Waals surface area contributed by atoms with E-state index in [0.717, 1.165) is 11.3 Å². The zero-order valence-corrected chi connectivity index (χ0v) is 9.59. The average Bonchev–Trinajstić information content (AvgIpc) is 2.65. The van der Waals surface area contributed by atoms with Crippen molar-refractivity contribution in [2.24, 2.45) is 0 Å². The van der Waals surface area contributed by atoms with Gasteiger partial charge in [0.1, 0.15) is 0 Å². The fourth-order valence-electron chi connectivity index (χ4n) is 1.35. The van der Waals surface area contributed by atoms with E-state index in [2.05, 4.69) is 6.92 Å². The fraction of sp³-hybridized carbons (Fsp3) is 0.545. The molecule has 0 aliphatic rings. The smallest absolute Gasteiger partial charge is 0.303 e. The molecule has 2 N–H and O–H groups in total. The Labute approximate surface area is 93.4 Å². The molecule has 0 saturated carbocycles. The summed E-state index contributed by atoms with van der Waals surface area (Å²) < 4.78 is 0. The van der Waals surface area contributed by atoms with Gasteiger partial charge in [0.05, 0.1) is 6.10 Å². The molecule has 0 saturated heterocycles. The Hall–Kier alpha value is -0.870. The van der Waals surface area contributed by atoms with Crippen molar-refractivity contribution >= 4 is 17.3 Å². The summed E-state index contributed by atoms with van der Waals surface area (Å²) in [5.74, 6) is -0.803. The van der Waals surface area contributed by atoms with Crippen LogP contribution in [0.2, 0.25) is 0 Å². The second-order valence-electron chi connectivity index (χ2n) is 3.46. The third-order valence-corrected chi connectivity index (χ3v) is 3.56. The first-order valence-corrected chi connectivity index (χ1v) is 5.93. The maximum atomic E-state index is 10.3. The number of hydrogen-bond acceptors (Lipinski definition) is 3. The summed E-state index contributed by atoms with van der Waals surface area (Å²) in [5, 5.41) is 18.2. The van der Waals surface area contributed by atoms with Gasteiger partial charge in [-0.25, -0.2) is 0 Å². The lowest BCUT2D eigenvalue weighted by atomic mass is 10.1. The molecule has 84 valence electrons. The number of aliphatic carboxylic acids is 1. The molecule has 1 rings (SSSR count). The minimum atomic E-state index is -0.803. The summed E-state index contributed by atoms with van der Waals surface area (Å²) in [5.41, 5.74) is 0. The molecule has 0 amide bonds. The van der Waals surface area contributed by atoms with Gasteiger partial charge in [-0.1, -0.05) is 6.92 Å². The standard InChI is InChI=1S/C11H16O3S/c1-2-8-6-7-10(15-8)9(12)4-3-5-11(13)14/h6-7,9,12H,2-5H2,1H3,(H,13,14). The summed E-state index contributed by atoms with van der Waals surface area (Å²) in [7, 11) is 0. The molecular formula is C11H16O3S. The average molecular weight is 228 g/mol. The lowest BCUT2D eigenvalue weighted by molar-refractivity contribution is -0.137. The number of carboxylic acid groups (broad SMARTS) is 1. The number of hydrogen-bond donors (Lipinski definition) is 2. The van der Waals surface area contributed by atoms with Gasteiger partial charge in [0.15, 0.2) is 0 Å². The number of rotatable bonds is 6. The number of aryl methyl sites for hydroxylation is 1. The summed E-state index contributed by atoms with van der Waals surface area (Å²) in [6.07, 6.45) is 1.65. The molecule has 1 heterocycles. The lowest BCUT2D eigenvalue weighted by Gasteiger charge is -2.06. The molecule has 0 aliphatic heterocycles. The van der Waals surface area contributed by atoms with Gasteiger partial charge in [0.25, 0.3) is 0 Å². The van der Waals surface area contributed by atoms with E-state index in [4.69, 9.17) is 5.11 Å². The van der Waals surface area contributed by atoms with Crippen molar-refractivity contribution in [3.05, 3.63) is 21.9 Å². The van der Waals surface area contributed by atoms with Crippen LogP contribution in [-0.4, -0.2) is 16.2 Å². The van der Waals surface area contributed by atoms with E-state index in [-0.39, 0.29) is 6.42 Å². The third kappa shape index (κ3) is 4.01. The molecule has 0 bridgehead atoms. The van der Waals surface area contributed by atoms with Crippen LogP contribution in [0.3, 0.4) is 0 Å². The van der Waals surface area contributed by atoms with E-state index in [1.807, 2.05) is 12.1 Å². The monoisotopic (exact) mass is 228 g/mol. The van der Waals surface area contributed by atoms with Crippen molar-refractivity contribution in [1.82, 2.24) is 0 Å². The number of carboxylic acids is 1. The number of carbonyl (C=O) groups is 1. The Kier molecular flexibility index (Phi) is 4.78. The molecular weight excluding hydrogens is 212 g/mol. The zero-order valence-electron chi connectivity index (χ0n) is 8.77. The number of aliphatic hydroxyl groups excluding tert-OH is 1. The van der Waals surface area contributed by atoms with E-state index in [9.17, 15) is 9.90 Å². The quantitative estimate of drug-likeness (QED) is 0.786. The van der Waals surface area contributed by atoms with Crippen LogP contribution < -0.4 is 0 Å². The van der Waals surface area contributed by atoms with E-state index >= 15 is 0 Å². The third-order valence-electron chi connectivity index (χ3n) is 2.23. The minimum Gasteiger partial charge on any atom is -0.481 e. The summed E-state index contributed by atoms with van der Waals surface area (Å²) in [6, 6.07) is 3.94. The van der Waals surface area contributed by atoms with Crippen molar-refractivity contribution in [1.29, 1.82) is 0 Å². The first-order chi connectivity index (χ1) is 7.13. The largest absolute Gasteiger partial charge is 0.481 e. The van der Waals surface area contributed by atoms with Crippen LogP contribution in [0.5, 0.6) is 0 Å². The minimum absolute atomic E-state index is 0.128.